The van der Waals surface area contributed by atoms with E-state index in [2.05, 4.69) is 20.3 Å². The van der Waals surface area contributed by atoms with Crippen LogP contribution < -0.4 is 20.5 Å². The molecule has 11 heteroatoms. The average molecular weight is 463 g/mol. The van der Waals surface area contributed by atoms with Crippen molar-refractivity contribution in [3.8, 4) is 11.5 Å². The smallest absolute Gasteiger partial charge is 0.433 e. The number of hydrogen-bond donors (Lipinski definition) is 2. The van der Waals surface area contributed by atoms with Gasteiger partial charge in [0.25, 0.3) is 0 Å². The van der Waals surface area contributed by atoms with E-state index in [1.165, 1.54) is 6.07 Å². The zero-order chi connectivity index (χ0) is 23.6. The van der Waals surface area contributed by atoms with Crippen LogP contribution in [0.1, 0.15) is 23.5 Å². The topological polar surface area (TPSA) is 104 Å². The number of pyridine rings is 1. The standard InChI is InChI=1S/C22H24F3N5O3/c1-12-28-16-8-17(31-2)18(33-11-13-3-4-32-10-13)7-15(16)21(29-12)27-9-14-5-19(22(23,24)25)30-20(26)6-14/h5-8,13H,3-4,9-11H2,1-2H3,(H2,26,30)(H,27,28,29)/t13-/m0/s1. The van der Waals surface area contributed by atoms with Crippen LogP contribution in [0.4, 0.5) is 24.8 Å². The Kier molecular flexibility index (Phi) is 6.41. The monoisotopic (exact) mass is 463 g/mol. The number of hydrogen-bond acceptors (Lipinski definition) is 8. The first-order chi connectivity index (χ1) is 15.7. The molecule has 4 rings (SSSR count). The molecule has 1 aliphatic rings. The molecule has 0 unspecified atom stereocenters. The lowest BCUT2D eigenvalue weighted by molar-refractivity contribution is -0.141. The number of nitrogens with two attached hydrogens (primary N) is 1. The van der Waals surface area contributed by atoms with Crippen molar-refractivity contribution in [2.45, 2.75) is 26.1 Å². The number of nitrogens with zero attached hydrogens (tertiary/aromatic N) is 3. The highest BCUT2D eigenvalue weighted by Gasteiger charge is 2.33. The van der Waals surface area contributed by atoms with Gasteiger partial charge in [-0.3, -0.25) is 0 Å². The van der Waals surface area contributed by atoms with E-state index in [9.17, 15) is 13.2 Å². The van der Waals surface area contributed by atoms with E-state index in [1.54, 1.807) is 26.2 Å². The largest absolute Gasteiger partial charge is 0.493 e. The fourth-order valence-electron chi connectivity index (χ4n) is 3.63. The molecule has 0 radical (unpaired) electrons. The van der Waals surface area contributed by atoms with Crippen molar-refractivity contribution in [3.05, 3.63) is 41.3 Å². The van der Waals surface area contributed by atoms with Gasteiger partial charge in [-0.05, 0) is 37.1 Å². The van der Waals surface area contributed by atoms with Crippen molar-refractivity contribution >= 4 is 22.5 Å². The first-order valence-electron chi connectivity index (χ1n) is 10.4. The number of anilines is 2. The van der Waals surface area contributed by atoms with Crippen LogP contribution in [-0.4, -0.2) is 41.9 Å². The van der Waals surface area contributed by atoms with Gasteiger partial charge in [-0.15, -0.1) is 0 Å². The van der Waals surface area contributed by atoms with Crippen LogP contribution in [0.2, 0.25) is 0 Å². The number of nitrogens with one attached hydrogen (secondary N) is 1. The molecule has 2 aromatic heterocycles. The second kappa shape index (κ2) is 9.26. The van der Waals surface area contributed by atoms with E-state index in [1.807, 2.05) is 0 Å². The predicted octanol–water partition coefficient (Wildman–Crippen LogP) is 3.97. The van der Waals surface area contributed by atoms with Gasteiger partial charge in [-0.2, -0.15) is 13.2 Å². The number of nitrogen functional groups attached to an aromatic ring is 1. The molecule has 1 saturated heterocycles. The van der Waals surface area contributed by atoms with E-state index in [0.717, 1.165) is 19.1 Å². The molecule has 33 heavy (non-hydrogen) atoms. The van der Waals surface area contributed by atoms with Crippen LogP contribution in [0.15, 0.2) is 24.3 Å². The van der Waals surface area contributed by atoms with E-state index in [4.69, 9.17) is 19.9 Å². The number of benzene rings is 1. The zero-order valence-corrected chi connectivity index (χ0v) is 18.2. The molecule has 0 bridgehead atoms. The van der Waals surface area contributed by atoms with E-state index >= 15 is 0 Å². The highest BCUT2D eigenvalue weighted by Crippen LogP contribution is 2.35. The summed E-state index contributed by atoms with van der Waals surface area (Å²) >= 11 is 0. The second-order valence-corrected chi connectivity index (χ2v) is 7.82. The fraction of sp³-hybridized carbons (Fsp3) is 0.409. The Labute approximate surface area is 188 Å². The molecule has 3 aromatic rings. The van der Waals surface area contributed by atoms with E-state index < -0.39 is 11.9 Å². The summed E-state index contributed by atoms with van der Waals surface area (Å²) in [5, 5.41) is 3.74. The predicted molar refractivity (Wildman–Crippen MR) is 116 cm³/mol. The number of halogens is 3. The summed E-state index contributed by atoms with van der Waals surface area (Å²) in [5.74, 6) is 2.10. The molecule has 0 spiro atoms. The van der Waals surface area contributed by atoms with Gasteiger partial charge in [0.15, 0.2) is 11.5 Å². The number of rotatable bonds is 7. The van der Waals surface area contributed by atoms with Crippen molar-refractivity contribution in [3.63, 3.8) is 0 Å². The van der Waals surface area contributed by atoms with Crippen LogP contribution in [0.5, 0.6) is 11.5 Å². The summed E-state index contributed by atoms with van der Waals surface area (Å²) in [7, 11) is 1.55. The van der Waals surface area contributed by atoms with Crippen molar-refractivity contribution in [2.24, 2.45) is 5.92 Å². The number of aryl methyl sites for hydroxylation is 1. The highest BCUT2D eigenvalue weighted by molar-refractivity contribution is 5.91. The van der Waals surface area contributed by atoms with Crippen molar-refractivity contribution in [1.82, 2.24) is 15.0 Å². The SMILES string of the molecule is COc1cc2nc(C)nc(NCc3cc(N)nc(C(F)(F)F)c3)c2cc1OC[C@H]1CCOC1. The molecule has 1 aromatic carbocycles. The third kappa shape index (κ3) is 5.36. The minimum atomic E-state index is -4.59. The van der Waals surface area contributed by atoms with Crippen LogP contribution in [0, 0.1) is 12.8 Å². The molecule has 0 aliphatic carbocycles. The average Bonchev–Trinajstić information content (AvgIpc) is 3.28. The quantitative estimate of drug-likeness (QED) is 0.543. The van der Waals surface area contributed by atoms with Gasteiger partial charge in [0.05, 0.1) is 25.8 Å². The lowest BCUT2D eigenvalue weighted by atomic mass is 10.1. The minimum Gasteiger partial charge on any atom is -0.493 e. The number of fused-ring (bicyclic) bond motifs is 1. The Balaban J connectivity index is 1.62. The number of alkyl halides is 3. The Morgan fingerprint density at radius 1 is 1.15 bits per heavy atom. The summed E-state index contributed by atoms with van der Waals surface area (Å²) in [6.07, 6.45) is -3.66. The number of methoxy groups -OCH3 is 1. The highest BCUT2D eigenvalue weighted by atomic mass is 19.4. The molecular weight excluding hydrogens is 439 g/mol. The minimum absolute atomic E-state index is 0.0585. The van der Waals surface area contributed by atoms with Gasteiger partial charge in [-0.25, -0.2) is 15.0 Å². The molecule has 3 N–H and O–H groups in total. The molecule has 176 valence electrons. The molecule has 1 atom stereocenters. The van der Waals surface area contributed by atoms with Gasteiger partial charge in [0, 0.05) is 30.5 Å². The third-order valence-electron chi connectivity index (χ3n) is 5.25. The maximum Gasteiger partial charge on any atom is 0.433 e. The van der Waals surface area contributed by atoms with E-state index in [0.29, 0.717) is 58.7 Å². The molecule has 3 heterocycles. The zero-order valence-electron chi connectivity index (χ0n) is 18.2. The van der Waals surface area contributed by atoms with Crippen LogP contribution in [0.25, 0.3) is 10.9 Å². The van der Waals surface area contributed by atoms with Crippen molar-refractivity contribution in [2.75, 3.05) is 38.0 Å². The van der Waals surface area contributed by atoms with Crippen molar-refractivity contribution in [1.29, 1.82) is 0 Å². The maximum absolute atomic E-state index is 13.1. The number of aromatic nitrogens is 3. The Morgan fingerprint density at radius 3 is 2.67 bits per heavy atom. The lowest BCUT2D eigenvalue weighted by Gasteiger charge is -2.16. The maximum atomic E-state index is 13.1. The summed E-state index contributed by atoms with van der Waals surface area (Å²) in [6.45, 7) is 3.64. The molecule has 1 aliphatic heterocycles. The molecule has 1 fully saturated rings. The second-order valence-electron chi connectivity index (χ2n) is 7.82. The van der Waals surface area contributed by atoms with Crippen LogP contribution >= 0.6 is 0 Å². The Bertz CT molecular complexity index is 1150. The first-order valence-corrected chi connectivity index (χ1v) is 10.4. The third-order valence-corrected chi connectivity index (χ3v) is 5.25. The summed E-state index contributed by atoms with van der Waals surface area (Å²) in [5.41, 5.74) is 5.47. The van der Waals surface area contributed by atoms with Gasteiger partial charge < -0.3 is 25.3 Å². The summed E-state index contributed by atoms with van der Waals surface area (Å²) in [4.78, 5) is 12.3. The molecule has 0 saturated carbocycles. The molecule has 0 amide bonds. The molecular formula is C22H24F3N5O3. The Morgan fingerprint density at radius 2 is 1.97 bits per heavy atom. The van der Waals surface area contributed by atoms with E-state index in [-0.39, 0.29) is 12.4 Å². The lowest BCUT2D eigenvalue weighted by Crippen LogP contribution is -2.13. The van der Waals surface area contributed by atoms with Crippen LogP contribution in [-0.2, 0) is 17.5 Å². The van der Waals surface area contributed by atoms with Gasteiger partial charge in [0.1, 0.15) is 23.2 Å². The normalized spacial score (nSPS) is 16.2. The molecule has 8 nitrogen and oxygen atoms in total. The van der Waals surface area contributed by atoms with Gasteiger partial charge >= 0.3 is 6.18 Å². The first kappa shape index (κ1) is 22.8. The summed E-state index contributed by atoms with van der Waals surface area (Å²) < 4.78 is 56.1. The van der Waals surface area contributed by atoms with Gasteiger partial charge in [-0.1, -0.05) is 0 Å². The fourth-order valence-corrected chi connectivity index (χ4v) is 3.63. The summed E-state index contributed by atoms with van der Waals surface area (Å²) in [6, 6.07) is 5.87. The number of ether oxygens (including phenoxy) is 3. The van der Waals surface area contributed by atoms with Gasteiger partial charge in [0.2, 0.25) is 0 Å². The van der Waals surface area contributed by atoms with Crippen LogP contribution in [0.3, 0.4) is 0 Å². The van der Waals surface area contributed by atoms with Crippen molar-refractivity contribution < 1.29 is 27.4 Å². The Hall–Kier alpha value is -3.34.